The monoisotopic (exact) mass is 302 g/mol. The van der Waals surface area contributed by atoms with E-state index in [0.29, 0.717) is 5.69 Å². The Morgan fingerprint density at radius 3 is 2.95 bits per heavy atom. The van der Waals surface area contributed by atoms with E-state index in [1.165, 1.54) is 29.2 Å². The number of amidine groups is 1. The van der Waals surface area contributed by atoms with E-state index >= 15 is 0 Å². The smallest absolute Gasteiger partial charge is 0.247 e. The van der Waals surface area contributed by atoms with Crippen LogP contribution in [-0.4, -0.2) is 26.5 Å². The second kappa shape index (κ2) is 7.11. The van der Waals surface area contributed by atoms with Gasteiger partial charge in [0.1, 0.15) is 12.4 Å². The van der Waals surface area contributed by atoms with Gasteiger partial charge in [0.2, 0.25) is 11.9 Å². The highest BCUT2D eigenvalue weighted by atomic mass is 19.1. The molecule has 22 heavy (non-hydrogen) atoms. The summed E-state index contributed by atoms with van der Waals surface area (Å²) in [4.78, 5) is 15.2. The maximum absolute atomic E-state index is 12.9. The summed E-state index contributed by atoms with van der Waals surface area (Å²) < 4.78 is 14.4. The van der Waals surface area contributed by atoms with Gasteiger partial charge < -0.3 is 10.6 Å². The topological polar surface area (TPSA) is 95.7 Å². The molecule has 0 radical (unpaired) electrons. The van der Waals surface area contributed by atoms with E-state index in [0.717, 1.165) is 5.69 Å². The van der Waals surface area contributed by atoms with E-state index in [9.17, 15) is 9.18 Å². The minimum Gasteiger partial charge on any atom is -0.361 e. The molecule has 0 aromatic carbocycles. The fourth-order valence-electron chi connectivity index (χ4n) is 1.65. The van der Waals surface area contributed by atoms with Crippen LogP contribution in [0.1, 0.15) is 5.69 Å². The second-order valence-corrected chi connectivity index (χ2v) is 4.44. The SMILES string of the molecule is Cc1ccnn1CC(=O)NC(=N)/C=C\Nc1ccnc(F)c1. The summed E-state index contributed by atoms with van der Waals surface area (Å²) in [6.07, 6.45) is 5.71. The molecule has 0 saturated carbocycles. The predicted molar refractivity (Wildman–Crippen MR) is 79.8 cm³/mol. The van der Waals surface area contributed by atoms with Crippen LogP contribution in [0.25, 0.3) is 0 Å². The number of rotatable bonds is 5. The van der Waals surface area contributed by atoms with Crippen molar-refractivity contribution in [1.29, 1.82) is 5.41 Å². The van der Waals surface area contributed by atoms with Crippen molar-refractivity contribution in [3.8, 4) is 0 Å². The molecule has 0 unspecified atom stereocenters. The van der Waals surface area contributed by atoms with Crippen LogP contribution in [0, 0.1) is 18.3 Å². The minimum atomic E-state index is -0.601. The van der Waals surface area contributed by atoms with Crippen LogP contribution in [0.4, 0.5) is 10.1 Å². The Bertz CT molecular complexity index is 709. The van der Waals surface area contributed by atoms with Gasteiger partial charge in [-0.2, -0.15) is 9.49 Å². The third-order valence-electron chi connectivity index (χ3n) is 2.72. The lowest BCUT2D eigenvalue weighted by Gasteiger charge is -2.05. The van der Waals surface area contributed by atoms with Gasteiger partial charge in [0.15, 0.2) is 0 Å². The van der Waals surface area contributed by atoms with Gasteiger partial charge >= 0.3 is 0 Å². The van der Waals surface area contributed by atoms with Crippen LogP contribution in [0.2, 0.25) is 0 Å². The molecule has 0 fully saturated rings. The number of nitrogens with one attached hydrogen (secondary N) is 3. The summed E-state index contributed by atoms with van der Waals surface area (Å²) in [5, 5.41) is 16.8. The average Bonchev–Trinajstić information content (AvgIpc) is 2.84. The molecule has 0 aliphatic rings. The van der Waals surface area contributed by atoms with Gasteiger partial charge in [-0.25, -0.2) is 4.98 Å². The average molecular weight is 302 g/mol. The standard InChI is InChI=1S/C14H15FN6O/c1-10-2-7-19-21(10)9-14(22)20-13(16)4-6-17-11-3-5-18-12(15)8-11/h2-8H,9H2,1H3,(H,17,18)(H2,16,20,22)/b6-4-. The number of amides is 1. The third-order valence-corrected chi connectivity index (χ3v) is 2.72. The number of pyridine rings is 1. The molecule has 8 heteroatoms. The van der Waals surface area contributed by atoms with E-state index in [-0.39, 0.29) is 18.3 Å². The number of hydrogen-bond acceptors (Lipinski definition) is 5. The van der Waals surface area contributed by atoms with Crippen LogP contribution < -0.4 is 10.6 Å². The predicted octanol–water partition coefficient (Wildman–Crippen LogP) is 1.44. The van der Waals surface area contributed by atoms with Crippen molar-refractivity contribution in [1.82, 2.24) is 20.1 Å². The highest BCUT2D eigenvalue weighted by Crippen LogP contribution is 2.06. The molecular formula is C14H15FN6O. The summed E-state index contributed by atoms with van der Waals surface area (Å²) in [7, 11) is 0. The van der Waals surface area contributed by atoms with Gasteiger partial charge in [0, 0.05) is 36.0 Å². The van der Waals surface area contributed by atoms with E-state index in [4.69, 9.17) is 5.41 Å². The zero-order valence-corrected chi connectivity index (χ0v) is 11.9. The van der Waals surface area contributed by atoms with Crippen molar-refractivity contribution in [3.63, 3.8) is 0 Å². The number of anilines is 1. The van der Waals surface area contributed by atoms with Gasteiger partial charge in [-0.05, 0) is 25.1 Å². The Balaban J connectivity index is 1.81. The fourth-order valence-corrected chi connectivity index (χ4v) is 1.65. The van der Waals surface area contributed by atoms with Crippen molar-refractivity contribution in [2.24, 2.45) is 0 Å². The van der Waals surface area contributed by atoms with Crippen molar-refractivity contribution >= 4 is 17.4 Å². The van der Waals surface area contributed by atoms with E-state index in [2.05, 4.69) is 20.7 Å². The second-order valence-electron chi connectivity index (χ2n) is 4.44. The molecular weight excluding hydrogens is 287 g/mol. The number of aromatic nitrogens is 3. The molecule has 0 aliphatic heterocycles. The first-order chi connectivity index (χ1) is 10.5. The van der Waals surface area contributed by atoms with Crippen LogP contribution in [0.15, 0.2) is 42.9 Å². The number of carbonyl (C=O) groups excluding carboxylic acids is 1. The lowest BCUT2D eigenvalue weighted by Crippen LogP contribution is -2.32. The largest absolute Gasteiger partial charge is 0.361 e. The Labute approximate surface area is 126 Å². The molecule has 2 aromatic heterocycles. The maximum atomic E-state index is 12.9. The lowest BCUT2D eigenvalue weighted by molar-refractivity contribution is -0.120. The Morgan fingerprint density at radius 1 is 1.45 bits per heavy atom. The highest BCUT2D eigenvalue weighted by molar-refractivity contribution is 6.02. The Kier molecular flexibility index (Phi) is 4.97. The Morgan fingerprint density at radius 2 is 2.27 bits per heavy atom. The van der Waals surface area contributed by atoms with E-state index in [1.807, 2.05) is 6.92 Å². The highest BCUT2D eigenvalue weighted by Gasteiger charge is 2.05. The maximum Gasteiger partial charge on any atom is 0.247 e. The number of nitrogens with zero attached hydrogens (tertiary/aromatic N) is 3. The van der Waals surface area contributed by atoms with Gasteiger partial charge in [0.25, 0.3) is 0 Å². The van der Waals surface area contributed by atoms with Crippen LogP contribution in [-0.2, 0) is 11.3 Å². The van der Waals surface area contributed by atoms with E-state index < -0.39 is 5.95 Å². The normalized spacial score (nSPS) is 10.6. The van der Waals surface area contributed by atoms with Crippen molar-refractivity contribution in [2.75, 3.05) is 5.32 Å². The summed E-state index contributed by atoms with van der Waals surface area (Å²) in [5.74, 6) is -1.04. The van der Waals surface area contributed by atoms with Crippen LogP contribution in [0.5, 0.6) is 0 Å². The number of hydrogen-bond donors (Lipinski definition) is 3. The molecule has 1 amide bonds. The number of aryl methyl sites for hydroxylation is 1. The molecule has 2 rings (SSSR count). The molecule has 2 heterocycles. The van der Waals surface area contributed by atoms with Crippen LogP contribution >= 0.6 is 0 Å². The fraction of sp³-hybridized carbons (Fsp3) is 0.143. The molecule has 7 nitrogen and oxygen atoms in total. The first-order valence-corrected chi connectivity index (χ1v) is 6.46. The first kappa shape index (κ1) is 15.4. The number of halogens is 1. The molecule has 0 atom stereocenters. The van der Waals surface area contributed by atoms with Gasteiger partial charge in [-0.3, -0.25) is 14.9 Å². The Hall–Kier alpha value is -3.03. The molecule has 0 bridgehead atoms. The summed E-state index contributed by atoms with van der Waals surface area (Å²) >= 11 is 0. The van der Waals surface area contributed by atoms with Crippen molar-refractivity contribution < 1.29 is 9.18 Å². The molecule has 0 aliphatic carbocycles. The molecule has 114 valence electrons. The summed E-state index contributed by atoms with van der Waals surface area (Å²) in [6, 6.07) is 4.58. The van der Waals surface area contributed by atoms with Crippen molar-refractivity contribution in [3.05, 3.63) is 54.5 Å². The third kappa shape index (κ3) is 4.51. The zero-order valence-electron chi connectivity index (χ0n) is 11.9. The van der Waals surface area contributed by atoms with Crippen LogP contribution in [0.3, 0.4) is 0 Å². The molecule has 0 saturated heterocycles. The van der Waals surface area contributed by atoms with Crippen molar-refractivity contribution in [2.45, 2.75) is 13.5 Å². The van der Waals surface area contributed by atoms with Gasteiger partial charge in [-0.1, -0.05) is 0 Å². The lowest BCUT2D eigenvalue weighted by atomic mass is 10.4. The molecule has 3 N–H and O–H groups in total. The first-order valence-electron chi connectivity index (χ1n) is 6.46. The molecule has 2 aromatic rings. The quantitative estimate of drug-likeness (QED) is 0.442. The zero-order chi connectivity index (χ0) is 15.9. The van der Waals surface area contributed by atoms with E-state index in [1.54, 1.807) is 18.3 Å². The number of carbonyl (C=O) groups is 1. The van der Waals surface area contributed by atoms with Gasteiger partial charge in [-0.15, -0.1) is 0 Å². The summed E-state index contributed by atoms with van der Waals surface area (Å²) in [6.45, 7) is 1.88. The van der Waals surface area contributed by atoms with Gasteiger partial charge in [0.05, 0.1) is 0 Å². The molecule has 0 spiro atoms. The summed E-state index contributed by atoms with van der Waals surface area (Å²) in [5.41, 5.74) is 1.36. The minimum absolute atomic E-state index is 0.0397.